The van der Waals surface area contributed by atoms with Gasteiger partial charge in [0.2, 0.25) is 0 Å². The summed E-state index contributed by atoms with van der Waals surface area (Å²) in [5.74, 6) is -1.41. The van der Waals surface area contributed by atoms with Crippen molar-refractivity contribution in [2.45, 2.75) is 110 Å². The molecule has 0 aromatic heterocycles. The van der Waals surface area contributed by atoms with Gasteiger partial charge in [-0.1, -0.05) is 84.0 Å². The van der Waals surface area contributed by atoms with Crippen LogP contribution in [0.15, 0.2) is 24.3 Å². The van der Waals surface area contributed by atoms with Gasteiger partial charge < -0.3 is 29.2 Å². The Morgan fingerprint density at radius 1 is 0.756 bits per heavy atom. The molecule has 41 heavy (non-hydrogen) atoms. The molecule has 0 saturated heterocycles. The average Bonchev–Trinajstić information content (AvgIpc) is 2.95. The first kappa shape index (κ1) is 33.8. The van der Waals surface area contributed by atoms with Crippen LogP contribution in [0.4, 0.5) is 0 Å². The topological polar surface area (TPSA) is 112 Å². The molecule has 0 aliphatic heterocycles. The van der Waals surface area contributed by atoms with Gasteiger partial charge >= 0.3 is 11.9 Å². The first-order valence-electron chi connectivity index (χ1n) is 15.0. The Balaban J connectivity index is 1.85. The molecular formula is C33H48O8. The van der Waals surface area contributed by atoms with Gasteiger partial charge in [0, 0.05) is 18.1 Å². The van der Waals surface area contributed by atoms with E-state index in [-0.39, 0.29) is 41.1 Å². The highest BCUT2D eigenvalue weighted by Gasteiger charge is 2.23. The van der Waals surface area contributed by atoms with E-state index in [0.717, 1.165) is 19.3 Å². The van der Waals surface area contributed by atoms with Gasteiger partial charge in [0.1, 0.15) is 29.4 Å². The number of unbranched alkanes of at least 4 members (excludes halogenated alkanes) is 12. The van der Waals surface area contributed by atoms with Crippen molar-refractivity contribution in [1.29, 1.82) is 0 Å². The summed E-state index contributed by atoms with van der Waals surface area (Å²) in [6.07, 6.45) is 16.3. The number of esters is 2. The number of phenolic OH excluding ortho intramolecular Hbond substituents is 2. The van der Waals surface area contributed by atoms with E-state index in [1.165, 1.54) is 90.6 Å². The summed E-state index contributed by atoms with van der Waals surface area (Å²) in [6.45, 7) is 3.80. The molecule has 0 fully saturated rings. The molecular weight excluding hydrogens is 524 g/mol. The van der Waals surface area contributed by atoms with Crippen molar-refractivity contribution in [2.75, 3.05) is 14.2 Å². The zero-order chi connectivity index (χ0) is 30.0. The number of hydrogen-bond donors (Lipinski definition) is 2. The molecule has 2 N–H and O–H groups in total. The maximum atomic E-state index is 12.4. The maximum Gasteiger partial charge on any atom is 0.345 e. The fourth-order valence-corrected chi connectivity index (χ4v) is 4.74. The Morgan fingerprint density at radius 2 is 1.34 bits per heavy atom. The molecule has 0 radical (unpaired) electrons. The molecule has 0 aliphatic rings. The molecule has 228 valence electrons. The smallest absolute Gasteiger partial charge is 0.345 e. The minimum Gasteiger partial charge on any atom is -0.507 e. The molecule has 0 saturated carbocycles. The maximum absolute atomic E-state index is 12.4. The lowest BCUT2D eigenvalue weighted by atomic mass is 10.0. The number of hydrogen-bond acceptors (Lipinski definition) is 8. The second kappa shape index (κ2) is 18.8. The number of phenols is 2. The quantitative estimate of drug-likeness (QED) is 0.120. The molecule has 2 aromatic rings. The van der Waals surface area contributed by atoms with E-state index >= 15 is 0 Å². The van der Waals surface area contributed by atoms with E-state index in [4.69, 9.17) is 18.9 Å². The van der Waals surface area contributed by atoms with Crippen LogP contribution in [-0.4, -0.2) is 36.4 Å². The van der Waals surface area contributed by atoms with Gasteiger partial charge in [-0.2, -0.15) is 0 Å². The van der Waals surface area contributed by atoms with Crippen LogP contribution in [0.25, 0.3) is 0 Å². The molecule has 8 heteroatoms. The van der Waals surface area contributed by atoms with Crippen LogP contribution in [0.5, 0.6) is 28.7 Å². The number of ether oxygens (including phenoxy) is 4. The average molecular weight is 573 g/mol. The first-order valence-corrected chi connectivity index (χ1v) is 15.0. The minimum atomic E-state index is -0.795. The zero-order valence-corrected chi connectivity index (χ0v) is 25.3. The van der Waals surface area contributed by atoms with Crippen LogP contribution in [0, 0.1) is 6.92 Å². The van der Waals surface area contributed by atoms with Crippen molar-refractivity contribution in [2.24, 2.45) is 0 Å². The van der Waals surface area contributed by atoms with Gasteiger partial charge in [-0.25, -0.2) is 4.79 Å². The van der Waals surface area contributed by atoms with Crippen LogP contribution in [0.2, 0.25) is 0 Å². The van der Waals surface area contributed by atoms with Crippen LogP contribution < -0.4 is 9.47 Å². The molecule has 0 amide bonds. The second-order valence-corrected chi connectivity index (χ2v) is 10.5. The number of aromatic hydroxyl groups is 2. The molecule has 2 rings (SSSR count). The molecule has 0 unspecified atom stereocenters. The van der Waals surface area contributed by atoms with Gasteiger partial charge in [-0.05, 0) is 37.1 Å². The van der Waals surface area contributed by atoms with Crippen molar-refractivity contribution in [1.82, 2.24) is 0 Å². The third-order valence-corrected chi connectivity index (χ3v) is 7.06. The zero-order valence-electron chi connectivity index (χ0n) is 25.3. The number of carbonyl (C=O) groups is 2. The predicted octanol–water partition coefficient (Wildman–Crippen LogP) is 8.52. The van der Waals surface area contributed by atoms with E-state index in [1.54, 1.807) is 19.1 Å². The summed E-state index contributed by atoms with van der Waals surface area (Å²) in [5.41, 5.74) is 0.792. The van der Waals surface area contributed by atoms with Gasteiger partial charge in [0.25, 0.3) is 0 Å². The molecule has 0 bridgehead atoms. The molecule has 0 aliphatic carbocycles. The highest BCUT2D eigenvalue weighted by Crippen LogP contribution is 2.41. The summed E-state index contributed by atoms with van der Waals surface area (Å²) < 4.78 is 21.4. The highest BCUT2D eigenvalue weighted by molar-refractivity contribution is 5.95. The number of carbonyl (C=O) groups excluding carboxylic acids is 2. The van der Waals surface area contributed by atoms with E-state index in [0.29, 0.717) is 23.3 Å². The highest BCUT2D eigenvalue weighted by atomic mass is 16.5. The lowest BCUT2D eigenvalue weighted by molar-refractivity contribution is -0.145. The summed E-state index contributed by atoms with van der Waals surface area (Å²) in [6, 6.07) is 5.88. The van der Waals surface area contributed by atoms with Gasteiger partial charge in [0.15, 0.2) is 11.5 Å². The van der Waals surface area contributed by atoms with Crippen molar-refractivity contribution >= 4 is 11.9 Å². The summed E-state index contributed by atoms with van der Waals surface area (Å²) in [7, 11) is 2.64. The van der Waals surface area contributed by atoms with E-state index in [9.17, 15) is 19.8 Å². The first-order chi connectivity index (χ1) is 19.8. The third kappa shape index (κ3) is 11.9. The van der Waals surface area contributed by atoms with Crippen molar-refractivity contribution in [3.63, 3.8) is 0 Å². The van der Waals surface area contributed by atoms with Crippen LogP contribution in [0.3, 0.4) is 0 Å². The lowest BCUT2D eigenvalue weighted by Crippen LogP contribution is -2.07. The lowest BCUT2D eigenvalue weighted by Gasteiger charge is -2.17. The molecule has 0 spiro atoms. The Morgan fingerprint density at radius 3 is 1.90 bits per heavy atom. The number of rotatable bonds is 20. The summed E-state index contributed by atoms with van der Waals surface area (Å²) >= 11 is 0. The molecule has 2 aromatic carbocycles. The molecule has 0 heterocycles. The van der Waals surface area contributed by atoms with E-state index in [1.807, 2.05) is 0 Å². The van der Waals surface area contributed by atoms with Gasteiger partial charge in [-0.3, -0.25) is 4.79 Å². The summed E-state index contributed by atoms with van der Waals surface area (Å²) in [5, 5.41) is 21.0. The molecule has 0 atom stereocenters. The third-order valence-electron chi connectivity index (χ3n) is 7.06. The van der Waals surface area contributed by atoms with Crippen LogP contribution in [-0.2, 0) is 20.9 Å². The van der Waals surface area contributed by atoms with E-state index < -0.39 is 5.97 Å². The SMILES string of the molecule is CCCCCCCCCCCCCCCC(=O)OCc1cc(OC)cc(O)c1Oc1cc(C)cc(O)c1C(=O)OC. The summed E-state index contributed by atoms with van der Waals surface area (Å²) in [4.78, 5) is 24.7. The van der Waals surface area contributed by atoms with E-state index in [2.05, 4.69) is 6.92 Å². The standard InChI is InChI=1S/C33H48O8/c1-5-6-7-8-9-10-11-12-13-14-15-16-17-18-30(36)40-23-25-21-26(38-3)22-28(35)32(25)41-29-20-24(2)19-27(34)31(29)33(37)39-4/h19-22,34-35H,5-18,23H2,1-4H3. The van der Waals surface area contributed by atoms with Crippen LogP contribution in [0.1, 0.15) is 118 Å². The fraction of sp³-hybridized carbons (Fsp3) is 0.576. The number of methoxy groups -OCH3 is 2. The Bertz CT molecular complexity index is 1100. The minimum absolute atomic E-state index is 0.00522. The number of aryl methyl sites for hydroxylation is 1. The monoisotopic (exact) mass is 572 g/mol. The Hall–Kier alpha value is -3.42. The van der Waals surface area contributed by atoms with Gasteiger partial charge in [-0.15, -0.1) is 0 Å². The number of benzene rings is 2. The Kier molecular flexibility index (Phi) is 15.5. The second-order valence-electron chi connectivity index (χ2n) is 10.5. The van der Waals surface area contributed by atoms with Crippen molar-refractivity contribution in [3.8, 4) is 28.7 Å². The van der Waals surface area contributed by atoms with Crippen LogP contribution >= 0.6 is 0 Å². The Labute approximate surface area is 245 Å². The van der Waals surface area contributed by atoms with Crippen molar-refractivity contribution in [3.05, 3.63) is 41.0 Å². The predicted molar refractivity (Wildman–Crippen MR) is 159 cm³/mol. The largest absolute Gasteiger partial charge is 0.507 e. The van der Waals surface area contributed by atoms with Gasteiger partial charge in [0.05, 0.1) is 14.2 Å². The van der Waals surface area contributed by atoms with Crippen molar-refractivity contribution < 1.29 is 38.7 Å². The normalized spacial score (nSPS) is 10.8. The molecule has 8 nitrogen and oxygen atoms in total. The fourth-order valence-electron chi connectivity index (χ4n) is 4.74.